The van der Waals surface area contributed by atoms with Gasteiger partial charge in [0.25, 0.3) is 0 Å². The van der Waals surface area contributed by atoms with Crippen LogP contribution in [0.15, 0.2) is 54.6 Å². The molecule has 0 nitrogen and oxygen atoms in total. The zero-order valence-electron chi connectivity index (χ0n) is 8.60. The number of hydrogen-bond acceptors (Lipinski definition) is 1. The van der Waals surface area contributed by atoms with Crippen LogP contribution < -0.4 is 0 Å². The van der Waals surface area contributed by atoms with Crippen molar-refractivity contribution in [3.63, 3.8) is 0 Å². The van der Waals surface area contributed by atoms with Crippen LogP contribution in [0.2, 0.25) is 0 Å². The first kappa shape index (κ1) is 10.1. The lowest BCUT2D eigenvalue weighted by Crippen LogP contribution is -1.89. The molecule has 0 saturated carbocycles. The topological polar surface area (TPSA) is 0 Å². The molecule has 0 saturated heterocycles. The van der Waals surface area contributed by atoms with E-state index in [0.717, 1.165) is 10.4 Å². The van der Waals surface area contributed by atoms with Gasteiger partial charge in [-0.1, -0.05) is 60.7 Å². The highest BCUT2D eigenvalue weighted by Crippen LogP contribution is 2.20. The average molecular weight is 212 g/mol. The van der Waals surface area contributed by atoms with Crippen LogP contribution in [0.5, 0.6) is 0 Å². The van der Waals surface area contributed by atoms with Crippen molar-refractivity contribution in [3.8, 4) is 11.1 Å². The van der Waals surface area contributed by atoms with Gasteiger partial charge in [-0.15, -0.1) is 0 Å². The van der Waals surface area contributed by atoms with Crippen molar-refractivity contribution >= 4 is 17.1 Å². The van der Waals surface area contributed by atoms with Gasteiger partial charge in [-0.3, -0.25) is 0 Å². The molecule has 0 heterocycles. The Morgan fingerprint density at radius 2 is 1.53 bits per heavy atom. The third-order valence-electron chi connectivity index (χ3n) is 2.38. The molecule has 0 bridgehead atoms. The first-order valence-electron chi connectivity index (χ1n) is 4.94. The van der Waals surface area contributed by atoms with Gasteiger partial charge < -0.3 is 0 Å². The predicted molar refractivity (Wildman–Crippen MR) is 69.3 cm³/mol. The number of benzene rings is 2. The molecule has 0 aromatic heterocycles. The molecule has 0 N–H and O–H groups in total. The fraction of sp³-hybridized carbons (Fsp3) is 0.0714. The molecule has 0 atom stereocenters. The van der Waals surface area contributed by atoms with Crippen LogP contribution in [0, 0.1) is 0 Å². The molecule has 0 unspecified atom stereocenters. The Balaban J connectivity index is 2.46. The number of thiocarbonyl (C=S) groups is 1. The highest BCUT2D eigenvalue weighted by molar-refractivity contribution is 7.80. The Hall–Kier alpha value is -1.47. The molecule has 2 rings (SSSR count). The molecule has 0 amide bonds. The standard InChI is InChI=1S/C14H12S/c1-11(15)13-8-5-9-14(10-13)12-6-3-2-4-7-12/h2-10H,1H3. The van der Waals surface area contributed by atoms with Gasteiger partial charge >= 0.3 is 0 Å². The summed E-state index contributed by atoms with van der Waals surface area (Å²) in [7, 11) is 0. The van der Waals surface area contributed by atoms with Gasteiger partial charge in [0.05, 0.1) is 0 Å². The van der Waals surface area contributed by atoms with Crippen LogP contribution in [-0.2, 0) is 0 Å². The van der Waals surface area contributed by atoms with E-state index in [-0.39, 0.29) is 0 Å². The molecule has 0 radical (unpaired) electrons. The third-order valence-corrected chi connectivity index (χ3v) is 2.61. The van der Waals surface area contributed by atoms with Gasteiger partial charge in [-0.25, -0.2) is 0 Å². The van der Waals surface area contributed by atoms with Gasteiger partial charge in [-0.05, 0) is 29.7 Å². The summed E-state index contributed by atoms with van der Waals surface area (Å²) < 4.78 is 0. The lowest BCUT2D eigenvalue weighted by atomic mass is 10.0. The second kappa shape index (κ2) is 4.37. The predicted octanol–water partition coefficient (Wildman–Crippen LogP) is 4.09. The van der Waals surface area contributed by atoms with Crippen LogP contribution >= 0.6 is 12.2 Å². The summed E-state index contributed by atoms with van der Waals surface area (Å²) in [6.45, 7) is 1.96. The molecule has 1 heteroatoms. The van der Waals surface area contributed by atoms with Gasteiger partial charge in [0, 0.05) is 4.86 Å². The smallest absolute Gasteiger partial charge is 0.0193 e. The van der Waals surface area contributed by atoms with Crippen molar-refractivity contribution in [3.05, 3.63) is 60.2 Å². The molecule has 0 aliphatic rings. The van der Waals surface area contributed by atoms with E-state index in [1.807, 2.05) is 31.2 Å². The fourth-order valence-corrected chi connectivity index (χ4v) is 1.68. The quantitative estimate of drug-likeness (QED) is 0.533. The van der Waals surface area contributed by atoms with Gasteiger partial charge in [0.2, 0.25) is 0 Å². The fourth-order valence-electron chi connectivity index (χ4n) is 1.55. The summed E-state index contributed by atoms with van der Waals surface area (Å²) in [5.41, 5.74) is 3.58. The van der Waals surface area contributed by atoms with E-state index in [9.17, 15) is 0 Å². The van der Waals surface area contributed by atoms with Crippen molar-refractivity contribution in [2.24, 2.45) is 0 Å². The monoisotopic (exact) mass is 212 g/mol. The van der Waals surface area contributed by atoms with Gasteiger partial charge in [0.15, 0.2) is 0 Å². The average Bonchev–Trinajstić information content (AvgIpc) is 2.30. The molecule has 0 fully saturated rings. The normalized spacial score (nSPS) is 9.93. The third kappa shape index (κ3) is 2.31. The molecular formula is C14H12S. The minimum Gasteiger partial charge on any atom is -0.0846 e. The summed E-state index contributed by atoms with van der Waals surface area (Å²) in [6, 6.07) is 18.7. The Bertz CT molecular complexity index is 472. The summed E-state index contributed by atoms with van der Waals surface area (Å²) in [5.74, 6) is 0. The Morgan fingerprint density at radius 1 is 0.867 bits per heavy atom. The molecule has 74 valence electrons. The molecular weight excluding hydrogens is 200 g/mol. The Kier molecular flexibility index (Phi) is 2.93. The van der Waals surface area contributed by atoms with Crippen molar-refractivity contribution in [2.75, 3.05) is 0 Å². The van der Waals surface area contributed by atoms with E-state index < -0.39 is 0 Å². The first-order valence-corrected chi connectivity index (χ1v) is 5.34. The maximum Gasteiger partial charge on any atom is 0.0193 e. The summed E-state index contributed by atoms with van der Waals surface area (Å²) in [5, 5.41) is 0. The summed E-state index contributed by atoms with van der Waals surface area (Å²) in [6.07, 6.45) is 0. The van der Waals surface area contributed by atoms with Crippen molar-refractivity contribution in [1.29, 1.82) is 0 Å². The largest absolute Gasteiger partial charge is 0.0846 e. The molecule has 2 aromatic carbocycles. The maximum atomic E-state index is 5.17. The van der Waals surface area contributed by atoms with Gasteiger partial charge in [0.1, 0.15) is 0 Å². The van der Waals surface area contributed by atoms with Crippen LogP contribution in [0.1, 0.15) is 12.5 Å². The minimum atomic E-state index is 0.938. The van der Waals surface area contributed by atoms with Crippen molar-refractivity contribution in [2.45, 2.75) is 6.92 Å². The van der Waals surface area contributed by atoms with Crippen LogP contribution in [-0.4, -0.2) is 4.86 Å². The molecule has 0 aliphatic heterocycles. The van der Waals surface area contributed by atoms with Crippen molar-refractivity contribution < 1.29 is 0 Å². The summed E-state index contributed by atoms with van der Waals surface area (Å²) in [4.78, 5) is 0.938. The zero-order chi connectivity index (χ0) is 10.7. The lowest BCUT2D eigenvalue weighted by molar-refractivity contribution is 1.59. The van der Waals surface area contributed by atoms with E-state index >= 15 is 0 Å². The summed E-state index contributed by atoms with van der Waals surface area (Å²) >= 11 is 5.17. The Labute approximate surface area is 95.6 Å². The highest BCUT2D eigenvalue weighted by atomic mass is 32.1. The molecule has 2 aromatic rings. The van der Waals surface area contributed by atoms with E-state index in [1.54, 1.807) is 0 Å². The van der Waals surface area contributed by atoms with E-state index in [2.05, 4.69) is 30.3 Å². The zero-order valence-corrected chi connectivity index (χ0v) is 9.42. The molecule has 15 heavy (non-hydrogen) atoms. The number of hydrogen-bond donors (Lipinski definition) is 0. The van der Waals surface area contributed by atoms with Crippen LogP contribution in [0.3, 0.4) is 0 Å². The maximum absolute atomic E-state index is 5.17. The second-order valence-electron chi connectivity index (χ2n) is 3.50. The Morgan fingerprint density at radius 3 is 2.20 bits per heavy atom. The SMILES string of the molecule is CC(=S)c1cccc(-c2ccccc2)c1. The molecule has 0 aliphatic carbocycles. The van der Waals surface area contributed by atoms with Crippen molar-refractivity contribution in [1.82, 2.24) is 0 Å². The van der Waals surface area contributed by atoms with E-state index in [4.69, 9.17) is 12.2 Å². The number of rotatable bonds is 2. The minimum absolute atomic E-state index is 0.938. The van der Waals surface area contributed by atoms with E-state index in [1.165, 1.54) is 11.1 Å². The van der Waals surface area contributed by atoms with Crippen LogP contribution in [0.25, 0.3) is 11.1 Å². The van der Waals surface area contributed by atoms with Crippen LogP contribution in [0.4, 0.5) is 0 Å². The van der Waals surface area contributed by atoms with E-state index in [0.29, 0.717) is 0 Å². The van der Waals surface area contributed by atoms with Gasteiger partial charge in [-0.2, -0.15) is 0 Å². The lowest BCUT2D eigenvalue weighted by Gasteiger charge is -2.03. The molecule has 0 spiro atoms. The first-order chi connectivity index (χ1) is 7.27. The second-order valence-corrected chi connectivity index (χ2v) is 4.12. The highest BCUT2D eigenvalue weighted by Gasteiger charge is 1.99.